The first-order valence-corrected chi connectivity index (χ1v) is 10.1. The van der Waals surface area contributed by atoms with Gasteiger partial charge in [-0.3, -0.25) is 4.79 Å². The molecule has 1 heterocycles. The minimum absolute atomic E-state index is 0.0365. The summed E-state index contributed by atoms with van der Waals surface area (Å²) < 4.78 is 28.9. The molecule has 5 nitrogen and oxygen atoms in total. The summed E-state index contributed by atoms with van der Waals surface area (Å²) in [7, 11) is -3.13. The van der Waals surface area contributed by atoms with E-state index < -0.39 is 15.8 Å². The molecule has 0 aromatic heterocycles. The molecule has 0 saturated carbocycles. The fraction of sp³-hybridized carbons (Fsp3) is 0.235. The van der Waals surface area contributed by atoms with Crippen LogP contribution in [0.4, 0.5) is 5.69 Å². The van der Waals surface area contributed by atoms with Crippen molar-refractivity contribution in [2.24, 2.45) is 5.92 Å². The Labute approximate surface area is 155 Å². The van der Waals surface area contributed by atoms with Crippen molar-refractivity contribution < 1.29 is 17.9 Å². The fourth-order valence-electron chi connectivity index (χ4n) is 2.56. The first kappa shape index (κ1) is 18.0. The summed E-state index contributed by atoms with van der Waals surface area (Å²) in [6, 6.07) is 11.6. The van der Waals surface area contributed by atoms with E-state index in [2.05, 4.69) is 5.32 Å². The second-order valence-electron chi connectivity index (χ2n) is 5.79. The van der Waals surface area contributed by atoms with Crippen LogP contribution in [0.2, 0.25) is 10.0 Å². The van der Waals surface area contributed by atoms with Gasteiger partial charge in [-0.05, 0) is 48.9 Å². The lowest BCUT2D eigenvalue weighted by molar-refractivity contribution is -0.119. The standard InChI is InChI=1S/C17H15Cl2NO4S/c18-12-1-4-14(5-2-12)24-16-6-3-13(19)9-15(16)20-17(21)11-7-8-25(22,23)10-11/h1-6,9,11H,7-8,10H2,(H,20,21). The van der Waals surface area contributed by atoms with E-state index in [9.17, 15) is 13.2 Å². The number of carbonyl (C=O) groups is 1. The maximum atomic E-state index is 12.4. The predicted molar refractivity (Wildman–Crippen MR) is 98.4 cm³/mol. The third kappa shape index (κ3) is 4.66. The van der Waals surface area contributed by atoms with Crippen molar-refractivity contribution >= 4 is 44.6 Å². The third-order valence-electron chi connectivity index (χ3n) is 3.84. The molecule has 1 saturated heterocycles. The summed E-state index contributed by atoms with van der Waals surface area (Å²) in [4.78, 5) is 12.4. The molecule has 1 aliphatic heterocycles. The monoisotopic (exact) mass is 399 g/mol. The predicted octanol–water partition coefficient (Wildman–Crippen LogP) is 4.16. The zero-order chi connectivity index (χ0) is 18.0. The van der Waals surface area contributed by atoms with Gasteiger partial charge in [0, 0.05) is 10.0 Å². The zero-order valence-corrected chi connectivity index (χ0v) is 15.4. The van der Waals surface area contributed by atoms with Gasteiger partial charge in [0.1, 0.15) is 5.75 Å². The summed E-state index contributed by atoms with van der Waals surface area (Å²) >= 11 is 11.9. The number of halogens is 2. The SMILES string of the molecule is O=C(Nc1cc(Cl)ccc1Oc1ccc(Cl)cc1)C1CCS(=O)(=O)C1. The van der Waals surface area contributed by atoms with Gasteiger partial charge in [0.2, 0.25) is 5.91 Å². The summed E-state index contributed by atoms with van der Waals surface area (Å²) in [5.41, 5.74) is 0.386. The molecule has 3 rings (SSSR count). The number of hydrogen-bond donors (Lipinski definition) is 1. The summed E-state index contributed by atoms with van der Waals surface area (Å²) in [6.07, 6.45) is 0.322. The molecule has 0 bridgehead atoms. The molecule has 1 N–H and O–H groups in total. The molecule has 1 amide bonds. The number of anilines is 1. The quantitative estimate of drug-likeness (QED) is 0.837. The Kier molecular flexibility index (Phi) is 5.22. The number of benzene rings is 2. The lowest BCUT2D eigenvalue weighted by atomic mass is 10.1. The van der Waals surface area contributed by atoms with Crippen molar-refractivity contribution in [3.63, 3.8) is 0 Å². The molecule has 1 aliphatic rings. The highest BCUT2D eigenvalue weighted by Crippen LogP contribution is 2.33. The Morgan fingerprint density at radius 2 is 1.76 bits per heavy atom. The summed E-state index contributed by atoms with van der Waals surface area (Å²) in [5.74, 6) is -0.0649. The minimum atomic E-state index is -3.13. The van der Waals surface area contributed by atoms with Crippen LogP contribution in [-0.2, 0) is 14.6 Å². The van der Waals surface area contributed by atoms with Crippen molar-refractivity contribution in [1.82, 2.24) is 0 Å². The molecule has 25 heavy (non-hydrogen) atoms. The maximum Gasteiger partial charge on any atom is 0.228 e. The van der Waals surface area contributed by atoms with E-state index in [0.29, 0.717) is 33.7 Å². The van der Waals surface area contributed by atoms with Crippen LogP contribution < -0.4 is 10.1 Å². The molecule has 2 aromatic carbocycles. The van der Waals surface area contributed by atoms with Gasteiger partial charge in [0.15, 0.2) is 15.6 Å². The molecule has 0 spiro atoms. The Balaban J connectivity index is 1.79. The normalized spacial score (nSPS) is 18.7. The highest BCUT2D eigenvalue weighted by molar-refractivity contribution is 7.91. The number of amides is 1. The minimum Gasteiger partial charge on any atom is -0.455 e. The topological polar surface area (TPSA) is 72.5 Å². The fourth-order valence-corrected chi connectivity index (χ4v) is 4.59. The number of hydrogen-bond acceptors (Lipinski definition) is 4. The van der Waals surface area contributed by atoms with E-state index in [1.807, 2.05) is 0 Å². The Hall–Kier alpha value is -1.76. The molecule has 1 atom stereocenters. The Morgan fingerprint density at radius 1 is 1.08 bits per heavy atom. The van der Waals surface area contributed by atoms with Gasteiger partial charge in [-0.15, -0.1) is 0 Å². The molecule has 0 radical (unpaired) electrons. The lowest BCUT2D eigenvalue weighted by Gasteiger charge is -2.14. The smallest absolute Gasteiger partial charge is 0.228 e. The largest absolute Gasteiger partial charge is 0.455 e. The van der Waals surface area contributed by atoms with Gasteiger partial charge >= 0.3 is 0 Å². The second-order valence-corrected chi connectivity index (χ2v) is 8.89. The highest BCUT2D eigenvalue weighted by Gasteiger charge is 2.33. The number of sulfone groups is 1. The van der Waals surface area contributed by atoms with Gasteiger partial charge in [0.25, 0.3) is 0 Å². The first-order chi connectivity index (χ1) is 11.8. The summed E-state index contributed by atoms with van der Waals surface area (Å²) in [5, 5.41) is 3.74. The third-order valence-corrected chi connectivity index (χ3v) is 6.10. The molecular formula is C17H15Cl2NO4S. The van der Waals surface area contributed by atoms with E-state index in [1.54, 1.807) is 42.5 Å². The molecule has 0 aliphatic carbocycles. The summed E-state index contributed by atoms with van der Waals surface area (Å²) in [6.45, 7) is 0. The number of nitrogens with one attached hydrogen (secondary N) is 1. The number of ether oxygens (including phenoxy) is 1. The number of carbonyl (C=O) groups excluding carboxylic acids is 1. The van der Waals surface area contributed by atoms with Crippen LogP contribution in [0.3, 0.4) is 0 Å². The van der Waals surface area contributed by atoms with E-state index in [1.165, 1.54) is 0 Å². The van der Waals surface area contributed by atoms with Crippen molar-refractivity contribution in [3.05, 3.63) is 52.5 Å². The van der Waals surface area contributed by atoms with Gasteiger partial charge in [0.05, 0.1) is 23.1 Å². The second kappa shape index (κ2) is 7.23. The van der Waals surface area contributed by atoms with E-state index in [-0.39, 0.29) is 17.4 Å². The van der Waals surface area contributed by atoms with Gasteiger partial charge in [-0.25, -0.2) is 8.42 Å². The molecule has 2 aromatic rings. The van der Waals surface area contributed by atoms with E-state index in [4.69, 9.17) is 27.9 Å². The van der Waals surface area contributed by atoms with E-state index in [0.717, 1.165) is 0 Å². The molecule has 132 valence electrons. The Bertz CT molecular complexity index is 897. The van der Waals surface area contributed by atoms with Crippen LogP contribution in [0, 0.1) is 5.92 Å². The lowest BCUT2D eigenvalue weighted by Crippen LogP contribution is -2.23. The maximum absolute atomic E-state index is 12.4. The van der Waals surface area contributed by atoms with Crippen LogP contribution in [0.15, 0.2) is 42.5 Å². The van der Waals surface area contributed by atoms with Crippen molar-refractivity contribution in [3.8, 4) is 11.5 Å². The molecule has 8 heteroatoms. The van der Waals surface area contributed by atoms with E-state index >= 15 is 0 Å². The average Bonchev–Trinajstić information content (AvgIpc) is 2.92. The van der Waals surface area contributed by atoms with Crippen LogP contribution in [0.5, 0.6) is 11.5 Å². The van der Waals surface area contributed by atoms with Crippen LogP contribution in [-0.4, -0.2) is 25.8 Å². The average molecular weight is 400 g/mol. The van der Waals surface area contributed by atoms with Crippen molar-refractivity contribution in [1.29, 1.82) is 0 Å². The van der Waals surface area contributed by atoms with Gasteiger partial charge < -0.3 is 10.1 Å². The molecule has 1 unspecified atom stereocenters. The molecule has 1 fully saturated rings. The highest BCUT2D eigenvalue weighted by atomic mass is 35.5. The molecular weight excluding hydrogens is 385 g/mol. The van der Waals surface area contributed by atoms with Gasteiger partial charge in [-0.1, -0.05) is 23.2 Å². The van der Waals surface area contributed by atoms with Crippen LogP contribution in [0.25, 0.3) is 0 Å². The van der Waals surface area contributed by atoms with Crippen LogP contribution >= 0.6 is 23.2 Å². The number of rotatable bonds is 4. The van der Waals surface area contributed by atoms with Crippen molar-refractivity contribution in [2.45, 2.75) is 6.42 Å². The first-order valence-electron chi connectivity index (χ1n) is 7.57. The zero-order valence-electron chi connectivity index (χ0n) is 13.0. The Morgan fingerprint density at radius 3 is 2.40 bits per heavy atom. The van der Waals surface area contributed by atoms with Crippen molar-refractivity contribution in [2.75, 3.05) is 16.8 Å². The van der Waals surface area contributed by atoms with Crippen LogP contribution in [0.1, 0.15) is 6.42 Å². The van der Waals surface area contributed by atoms with Gasteiger partial charge in [-0.2, -0.15) is 0 Å².